The second-order valence-corrected chi connectivity index (χ2v) is 7.10. The molecule has 1 unspecified atom stereocenters. The molecule has 29 heavy (non-hydrogen) atoms. The van der Waals surface area contributed by atoms with E-state index in [9.17, 15) is 9.59 Å². The number of amides is 1. The number of furan rings is 1. The molecule has 1 aromatic carbocycles. The van der Waals surface area contributed by atoms with Crippen LogP contribution in [0, 0.1) is 0 Å². The largest absolute Gasteiger partial charge is 0.478 e. The first kappa shape index (κ1) is 18.9. The fourth-order valence-electron chi connectivity index (χ4n) is 3.61. The van der Waals surface area contributed by atoms with E-state index >= 15 is 0 Å². The van der Waals surface area contributed by atoms with Crippen LogP contribution in [0.2, 0.25) is 0 Å². The van der Waals surface area contributed by atoms with E-state index in [1.54, 1.807) is 24.3 Å². The third-order valence-corrected chi connectivity index (χ3v) is 5.17. The fraction of sp³-hybridized carbons (Fsp3) is 0.333. The number of carbonyl (C=O) groups excluding carboxylic acids is 1. The molecular weight excluding hydrogens is 374 g/mol. The van der Waals surface area contributed by atoms with E-state index in [4.69, 9.17) is 14.0 Å². The predicted octanol–water partition coefficient (Wildman–Crippen LogP) is 3.37. The summed E-state index contributed by atoms with van der Waals surface area (Å²) in [6.45, 7) is 1.36. The Morgan fingerprint density at radius 3 is 2.76 bits per heavy atom. The number of aromatic carboxylic acids is 1. The Balaban J connectivity index is 1.33. The van der Waals surface area contributed by atoms with E-state index in [0.29, 0.717) is 36.9 Å². The minimum Gasteiger partial charge on any atom is -0.478 e. The van der Waals surface area contributed by atoms with Gasteiger partial charge < -0.3 is 18.9 Å². The molecule has 150 valence electrons. The molecular formula is C21H21N3O5. The Kier molecular flexibility index (Phi) is 5.41. The van der Waals surface area contributed by atoms with Crippen molar-refractivity contribution in [3.8, 4) is 11.6 Å². The number of aromatic nitrogens is 2. The van der Waals surface area contributed by atoms with Gasteiger partial charge in [0, 0.05) is 31.8 Å². The molecule has 3 aromatic rings. The lowest BCUT2D eigenvalue weighted by Crippen LogP contribution is -2.39. The molecule has 8 heteroatoms. The number of hydrogen-bond donors (Lipinski definition) is 1. The first-order chi connectivity index (χ1) is 14.1. The van der Waals surface area contributed by atoms with Crippen molar-refractivity contribution in [2.45, 2.75) is 31.6 Å². The van der Waals surface area contributed by atoms with Crippen LogP contribution in [-0.2, 0) is 11.2 Å². The standard InChI is InChI=1S/C21H21N3O5/c25-19(10-9-18-22-20(23-29-18)17-4-2-12-28-17)24-11-1-3-16(13-24)14-5-7-15(8-6-14)21(26)27/h2,4-8,12,16H,1,3,9-11,13H2,(H,26,27). The number of carboxylic acid groups (broad SMARTS) is 1. The van der Waals surface area contributed by atoms with Gasteiger partial charge in [0.1, 0.15) is 0 Å². The average Bonchev–Trinajstić information content (AvgIpc) is 3.44. The molecule has 1 N–H and O–H groups in total. The van der Waals surface area contributed by atoms with Crippen LogP contribution in [0.25, 0.3) is 11.6 Å². The number of rotatable bonds is 6. The summed E-state index contributed by atoms with van der Waals surface area (Å²) >= 11 is 0. The highest BCUT2D eigenvalue weighted by Gasteiger charge is 2.25. The average molecular weight is 395 g/mol. The van der Waals surface area contributed by atoms with Crippen molar-refractivity contribution in [2.75, 3.05) is 13.1 Å². The summed E-state index contributed by atoms with van der Waals surface area (Å²) in [7, 11) is 0. The number of piperidine rings is 1. The highest BCUT2D eigenvalue weighted by molar-refractivity contribution is 5.87. The molecule has 0 aliphatic carbocycles. The molecule has 3 heterocycles. The lowest BCUT2D eigenvalue weighted by molar-refractivity contribution is -0.132. The number of benzene rings is 1. The van der Waals surface area contributed by atoms with Crippen molar-refractivity contribution in [3.05, 3.63) is 59.7 Å². The van der Waals surface area contributed by atoms with Crippen molar-refractivity contribution in [3.63, 3.8) is 0 Å². The molecule has 8 nitrogen and oxygen atoms in total. The Morgan fingerprint density at radius 1 is 1.21 bits per heavy atom. The van der Waals surface area contributed by atoms with Gasteiger partial charge in [-0.1, -0.05) is 17.3 Å². The van der Waals surface area contributed by atoms with Gasteiger partial charge in [0.2, 0.25) is 17.6 Å². The third-order valence-electron chi connectivity index (χ3n) is 5.17. The van der Waals surface area contributed by atoms with Crippen LogP contribution in [0.3, 0.4) is 0 Å². The van der Waals surface area contributed by atoms with Crippen LogP contribution in [0.15, 0.2) is 51.6 Å². The van der Waals surface area contributed by atoms with Crippen molar-refractivity contribution < 1.29 is 23.6 Å². The van der Waals surface area contributed by atoms with Gasteiger partial charge in [-0.05, 0) is 42.7 Å². The van der Waals surface area contributed by atoms with Gasteiger partial charge in [-0.3, -0.25) is 4.79 Å². The predicted molar refractivity (Wildman–Crippen MR) is 102 cm³/mol. The number of hydrogen-bond acceptors (Lipinski definition) is 6. The second-order valence-electron chi connectivity index (χ2n) is 7.10. The lowest BCUT2D eigenvalue weighted by atomic mass is 9.90. The molecule has 4 rings (SSSR count). The second kappa shape index (κ2) is 8.30. The van der Waals surface area contributed by atoms with E-state index < -0.39 is 5.97 Å². The SMILES string of the molecule is O=C(O)c1ccc(C2CCCN(C(=O)CCc3nc(-c4ccco4)no3)C2)cc1. The third kappa shape index (κ3) is 4.37. The summed E-state index contributed by atoms with van der Waals surface area (Å²) < 4.78 is 10.4. The molecule has 0 saturated carbocycles. The maximum Gasteiger partial charge on any atom is 0.335 e. The zero-order valence-electron chi connectivity index (χ0n) is 15.8. The summed E-state index contributed by atoms with van der Waals surface area (Å²) in [5.74, 6) is 0.634. The summed E-state index contributed by atoms with van der Waals surface area (Å²) in [4.78, 5) is 29.8. The van der Waals surface area contributed by atoms with E-state index in [1.807, 2.05) is 17.0 Å². The highest BCUT2D eigenvalue weighted by Crippen LogP contribution is 2.27. The van der Waals surface area contributed by atoms with Crippen LogP contribution >= 0.6 is 0 Å². The van der Waals surface area contributed by atoms with Gasteiger partial charge >= 0.3 is 5.97 Å². The molecule has 1 aliphatic heterocycles. The van der Waals surface area contributed by atoms with Gasteiger partial charge in [-0.15, -0.1) is 0 Å². The van der Waals surface area contributed by atoms with Crippen LogP contribution < -0.4 is 0 Å². The zero-order chi connectivity index (χ0) is 20.2. The van der Waals surface area contributed by atoms with Gasteiger partial charge in [0.15, 0.2) is 5.76 Å². The van der Waals surface area contributed by atoms with Crippen molar-refractivity contribution in [1.29, 1.82) is 0 Å². The number of aryl methyl sites for hydroxylation is 1. The van der Waals surface area contributed by atoms with Gasteiger partial charge in [-0.2, -0.15) is 4.98 Å². The maximum absolute atomic E-state index is 12.7. The first-order valence-corrected chi connectivity index (χ1v) is 9.57. The number of nitrogens with zero attached hydrogens (tertiary/aromatic N) is 3. The smallest absolute Gasteiger partial charge is 0.335 e. The summed E-state index contributed by atoms with van der Waals surface area (Å²) in [6, 6.07) is 10.4. The Morgan fingerprint density at radius 2 is 2.03 bits per heavy atom. The quantitative estimate of drug-likeness (QED) is 0.681. The number of carbonyl (C=O) groups is 2. The zero-order valence-corrected chi connectivity index (χ0v) is 15.8. The maximum atomic E-state index is 12.7. The normalized spacial score (nSPS) is 16.7. The Labute approximate surface area is 167 Å². The van der Waals surface area contributed by atoms with Crippen LogP contribution in [-0.4, -0.2) is 45.1 Å². The van der Waals surface area contributed by atoms with Crippen LogP contribution in [0.4, 0.5) is 0 Å². The number of likely N-dealkylation sites (tertiary alicyclic amines) is 1. The molecule has 1 atom stereocenters. The molecule has 2 aromatic heterocycles. The minimum absolute atomic E-state index is 0.0506. The van der Waals surface area contributed by atoms with E-state index in [1.165, 1.54) is 6.26 Å². The minimum atomic E-state index is -0.937. The molecule has 1 amide bonds. The fourth-order valence-corrected chi connectivity index (χ4v) is 3.61. The van der Waals surface area contributed by atoms with Crippen LogP contribution in [0.5, 0.6) is 0 Å². The molecule has 1 aliphatic rings. The molecule has 0 spiro atoms. The van der Waals surface area contributed by atoms with Crippen molar-refractivity contribution >= 4 is 11.9 Å². The summed E-state index contributed by atoms with van der Waals surface area (Å²) in [5, 5.41) is 12.9. The summed E-state index contributed by atoms with van der Waals surface area (Å²) in [6.07, 6.45) is 4.11. The van der Waals surface area contributed by atoms with E-state index in [-0.39, 0.29) is 17.4 Å². The molecule has 1 saturated heterocycles. The highest BCUT2D eigenvalue weighted by atomic mass is 16.5. The molecule has 0 radical (unpaired) electrons. The van der Waals surface area contributed by atoms with Gasteiger partial charge in [-0.25, -0.2) is 4.79 Å². The topological polar surface area (TPSA) is 110 Å². The van der Waals surface area contributed by atoms with E-state index in [2.05, 4.69) is 10.1 Å². The summed E-state index contributed by atoms with van der Waals surface area (Å²) in [5.41, 5.74) is 1.33. The van der Waals surface area contributed by atoms with Crippen LogP contribution in [0.1, 0.15) is 47.0 Å². The Bertz CT molecular complexity index is 978. The Hall–Kier alpha value is -3.42. The molecule has 1 fully saturated rings. The van der Waals surface area contributed by atoms with Crippen molar-refractivity contribution in [2.24, 2.45) is 0 Å². The van der Waals surface area contributed by atoms with Gasteiger partial charge in [0.25, 0.3) is 0 Å². The van der Waals surface area contributed by atoms with Gasteiger partial charge in [0.05, 0.1) is 11.8 Å². The lowest BCUT2D eigenvalue weighted by Gasteiger charge is -2.33. The molecule has 0 bridgehead atoms. The first-order valence-electron chi connectivity index (χ1n) is 9.57. The monoisotopic (exact) mass is 395 g/mol. The van der Waals surface area contributed by atoms with Crippen molar-refractivity contribution in [1.82, 2.24) is 15.0 Å². The number of carboxylic acids is 1. The van der Waals surface area contributed by atoms with E-state index in [0.717, 1.165) is 24.9 Å².